The van der Waals surface area contributed by atoms with E-state index in [2.05, 4.69) is 5.32 Å². The molecule has 2 heterocycles. The van der Waals surface area contributed by atoms with Gasteiger partial charge >= 0.3 is 6.18 Å². The second-order valence-corrected chi connectivity index (χ2v) is 10.3. The van der Waals surface area contributed by atoms with Crippen molar-refractivity contribution in [3.8, 4) is 0 Å². The summed E-state index contributed by atoms with van der Waals surface area (Å²) >= 11 is 0. The van der Waals surface area contributed by atoms with E-state index in [1.54, 1.807) is 6.07 Å². The maximum absolute atomic E-state index is 13.2. The van der Waals surface area contributed by atoms with Crippen molar-refractivity contribution >= 4 is 15.7 Å². The van der Waals surface area contributed by atoms with Gasteiger partial charge in [0.25, 0.3) is 0 Å². The first-order valence-corrected chi connectivity index (χ1v) is 11.2. The van der Waals surface area contributed by atoms with E-state index in [0.717, 1.165) is 6.07 Å². The van der Waals surface area contributed by atoms with Gasteiger partial charge < -0.3 is 10.1 Å². The van der Waals surface area contributed by atoms with Gasteiger partial charge in [-0.1, -0.05) is 18.2 Å². The average molecular weight is 417 g/mol. The number of benzene rings is 1. The maximum atomic E-state index is 13.2. The van der Waals surface area contributed by atoms with E-state index in [-0.39, 0.29) is 29.0 Å². The van der Waals surface area contributed by atoms with Gasteiger partial charge in [0.2, 0.25) is 5.91 Å². The lowest BCUT2D eigenvalue weighted by Crippen LogP contribution is -2.49. The van der Waals surface area contributed by atoms with Crippen LogP contribution in [0.1, 0.15) is 42.7 Å². The highest BCUT2D eigenvalue weighted by molar-refractivity contribution is 7.91. The van der Waals surface area contributed by atoms with Gasteiger partial charge in [0.05, 0.1) is 22.7 Å². The van der Waals surface area contributed by atoms with Gasteiger partial charge in [-0.15, -0.1) is 0 Å². The van der Waals surface area contributed by atoms with E-state index < -0.39 is 39.0 Å². The summed E-state index contributed by atoms with van der Waals surface area (Å²) in [5, 5.41) is 2.92. The third-order valence-corrected chi connectivity index (χ3v) is 7.78. The summed E-state index contributed by atoms with van der Waals surface area (Å²) in [6.45, 7) is 0.367. The Kier molecular flexibility index (Phi) is 4.73. The van der Waals surface area contributed by atoms with E-state index in [9.17, 15) is 26.4 Å². The first-order valence-electron chi connectivity index (χ1n) is 9.39. The molecule has 0 bridgehead atoms. The molecular weight excluding hydrogens is 395 g/mol. The van der Waals surface area contributed by atoms with Crippen molar-refractivity contribution < 1.29 is 31.1 Å². The Morgan fingerprint density at radius 1 is 1.25 bits per heavy atom. The number of sulfone groups is 1. The maximum Gasteiger partial charge on any atom is 0.416 e. The molecule has 3 fully saturated rings. The van der Waals surface area contributed by atoms with Crippen molar-refractivity contribution in [3.05, 3.63) is 35.4 Å². The van der Waals surface area contributed by atoms with Crippen molar-refractivity contribution in [2.45, 2.75) is 49.4 Å². The first-order chi connectivity index (χ1) is 13.1. The SMILES string of the molecule is O=C(NC1CCOC2(CCS(=O)(=O)C2)C1)C1CC1c1ccccc1C(F)(F)F. The van der Waals surface area contributed by atoms with E-state index in [1.165, 1.54) is 12.1 Å². The molecule has 1 aromatic rings. The van der Waals surface area contributed by atoms with Crippen LogP contribution in [0.4, 0.5) is 13.2 Å². The number of hydrogen-bond donors (Lipinski definition) is 1. The zero-order valence-corrected chi connectivity index (χ0v) is 16.0. The minimum atomic E-state index is -4.44. The van der Waals surface area contributed by atoms with Crippen LogP contribution in [-0.4, -0.2) is 44.1 Å². The van der Waals surface area contributed by atoms with Crippen LogP contribution in [0.15, 0.2) is 24.3 Å². The molecule has 0 aromatic heterocycles. The molecule has 1 N–H and O–H groups in total. The number of carbonyl (C=O) groups excluding carboxylic acids is 1. The first kappa shape index (κ1) is 19.7. The van der Waals surface area contributed by atoms with Gasteiger partial charge in [-0.05, 0) is 43.2 Å². The molecule has 1 aromatic carbocycles. The van der Waals surface area contributed by atoms with Crippen molar-refractivity contribution in [2.24, 2.45) is 5.92 Å². The van der Waals surface area contributed by atoms with Crippen LogP contribution in [-0.2, 0) is 25.5 Å². The Bertz CT molecular complexity index is 885. The van der Waals surface area contributed by atoms with Crippen LogP contribution in [0.2, 0.25) is 0 Å². The number of ether oxygens (including phenoxy) is 1. The Morgan fingerprint density at radius 3 is 2.68 bits per heavy atom. The number of carbonyl (C=O) groups is 1. The summed E-state index contributed by atoms with van der Waals surface area (Å²) in [7, 11) is -3.12. The molecule has 9 heteroatoms. The monoisotopic (exact) mass is 417 g/mol. The summed E-state index contributed by atoms with van der Waals surface area (Å²) in [5.74, 6) is -1.11. The minimum Gasteiger partial charge on any atom is -0.374 e. The smallest absolute Gasteiger partial charge is 0.374 e. The average Bonchev–Trinajstić information content (AvgIpc) is 3.35. The topological polar surface area (TPSA) is 72.5 Å². The Hall–Kier alpha value is -1.61. The molecule has 3 aliphatic rings. The fraction of sp³-hybridized carbons (Fsp3) is 0.632. The molecule has 2 saturated heterocycles. The molecule has 1 saturated carbocycles. The zero-order valence-electron chi connectivity index (χ0n) is 15.2. The summed E-state index contributed by atoms with van der Waals surface area (Å²) in [6, 6.07) is 5.18. The summed E-state index contributed by atoms with van der Waals surface area (Å²) in [6.07, 6.45) is -2.63. The molecule has 0 radical (unpaired) electrons. The van der Waals surface area contributed by atoms with Crippen LogP contribution in [0.25, 0.3) is 0 Å². The highest BCUT2D eigenvalue weighted by Gasteiger charge is 2.50. The van der Waals surface area contributed by atoms with Gasteiger partial charge in [-0.3, -0.25) is 4.79 Å². The van der Waals surface area contributed by atoms with Crippen molar-refractivity contribution in [2.75, 3.05) is 18.1 Å². The molecule has 4 unspecified atom stereocenters. The molecule has 4 rings (SSSR count). The molecule has 1 amide bonds. The number of rotatable bonds is 3. The lowest BCUT2D eigenvalue weighted by molar-refractivity contribution is -0.138. The number of nitrogens with one attached hydrogen (secondary N) is 1. The number of alkyl halides is 3. The molecular formula is C19H22F3NO4S. The van der Waals surface area contributed by atoms with Gasteiger partial charge in [-0.2, -0.15) is 13.2 Å². The quantitative estimate of drug-likeness (QED) is 0.821. The third-order valence-electron chi connectivity index (χ3n) is 5.98. The van der Waals surface area contributed by atoms with Gasteiger partial charge in [0, 0.05) is 18.6 Å². The molecule has 28 heavy (non-hydrogen) atoms. The van der Waals surface area contributed by atoms with E-state index >= 15 is 0 Å². The van der Waals surface area contributed by atoms with Gasteiger partial charge in [0.1, 0.15) is 0 Å². The van der Waals surface area contributed by atoms with E-state index in [1.807, 2.05) is 0 Å². The Morgan fingerprint density at radius 2 is 2.00 bits per heavy atom. The van der Waals surface area contributed by atoms with E-state index in [0.29, 0.717) is 32.3 Å². The van der Waals surface area contributed by atoms with Crippen LogP contribution in [0, 0.1) is 5.92 Å². The standard InChI is InChI=1S/C19H22F3NO4S/c20-19(21,22)16-4-2-1-3-13(16)14-9-15(14)17(24)23-12-5-7-27-18(10-12)6-8-28(25,26)11-18/h1-4,12,14-15H,5-11H2,(H,23,24). The predicted molar refractivity (Wildman–Crippen MR) is 95.4 cm³/mol. The fourth-order valence-electron chi connectivity index (χ4n) is 4.53. The molecule has 154 valence electrons. The summed E-state index contributed by atoms with van der Waals surface area (Å²) in [4.78, 5) is 12.6. The molecule has 2 aliphatic heterocycles. The second kappa shape index (κ2) is 6.73. The van der Waals surface area contributed by atoms with Crippen molar-refractivity contribution in [1.29, 1.82) is 0 Å². The lowest BCUT2D eigenvalue weighted by Gasteiger charge is -2.37. The number of hydrogen-bond acceptors (Lipinski definition) is 4. The Labute approximate surface area is 161 Å². The molecule has 1 aliphatic carbocycles. The van der Waals surface area contributed by atoms with Crippen LogP contribution < -0.4 is 5.32 Å². The van der Waals surface area contributed by atoms with Gasteiger partial charge in [-0.25, -0.2) is 8.42 Å². The van der Waals surface area contributed by atoms with Crippen molar-refractivity contribution in [3.63, 3.8) is 0 Å². The van der Waals surface area contributed by atoms with E-state index in [4.69, 9.17) is 4.74 Å². The fourth-order valence-corrected chi connectivity index (χ4v) is 6.50. The second-order valence-electron chi connectivity index (χ2n) is 8.11. The normalized spacial score (nSPS) is 34.3. The molecule has 5 nitrogen and oxygen atoms in total. The van der Waals surface area contributed by atoms with Crippen LogP contribution in [0.3, 0.4) is 0 Å². The molecule has 4 atom stereocenters. The highest BCUT2D eigenvalue weighted by Crippen LogP contribution is 2.51. The number of amides is 1. The number of halogens is 3. The predicted octanol–water partition coefficient (Wildman–Crippen LogP) is 2.66. The highest BCUT2D eigenvalue weighted by atomic mass is 32.2. The third kappa shape index (κ3) is 3.91. The summed E-state index contributed by atoms with van der Waals surface area (Å²) in [5.41, 5.74) is -1.25. The van der Waals surface area contributed by atoms with Crippen molar-refractivity contribution in [1.82, 2.24) is 5.32 Å². The minimum absolute atomic E-state index is 0.0304. The largest absolute Gasteiger partial charge is 0.416 e. The van der Waals surface area contributed by atoms with Gasteiger partial charge in [0.15, 0.2) is 9.84 Å². The summed E-state index contributed by atoms with van der Waals surface area (Å²) < 4.78 is 69.0. The Balaban J connectivity index is 1.40. The molecule has 1 spiro atoms. The van der Waals surface area contributed by atoms with Crippen LogP contribution >= 0.6 is 0 Å². The van der Waals surface area contributed by atoms with Crippen LogP contribution in [0.5, 0.6) is 0 Å². The lowest BCUT2D eigenvalue weighted by atomic mass is 9.89. The zero-order chi connectivity index (χ0) is 20.2.